The first-order chi connectivity index (χ1) is 12.5. The molecule has 3 aromatic rings. The van der Waals surface area contributed by atoms with E-state index in [1.807, 2.05) is 37.3 Å². The van der Waals surface area contributed by atoms with Crippen molar-refractivity contribution in [3.05, 3.63) is 74.9 Å². The molecular formula is C19H15ClN4O2. The van der Waals surface area contributed by atoms with E-state index in [0.717, 1.165) is 12.0 Å². The number of fused-ring (bicyclic) bond motifs is 1. The van der Waals surface area contributed by atoms with Gasteiger partial charge in [0.05, 0.1) is 32.8 Å². The summed E-state index contributed by atoms with van der Waals surface area (Å²) in [5.74, 6) is 0. The summed E-state index contributed by atoms with van der Waals surface area (Å²) in [6.45, 7) is 2.02. The number of aromatic nitrogens is 1. The Balaban J connectivity index is 2.19. The van der Waals surface area contributed by atoms with Crippen molar-refractivity contribution in [3.8, 4) is 6.07 Å². The quantitative estimate of drug-likeness (QED) is 0.493. The van der Waals surface area contributed by atoms with Gasteiger partial charge in [-0.2, -0.15) is 5.26 Å². The number of pyridine rings is 1. The zero-order valence-corrected chi connectivity index (χ0v) is 14.7. The van der Waals surface area contributed by atoms with Crippen molar-refractivity contribution >= 4 is 33.9 Å². The zero-order chi connectivity index (χ0) is 18.7. The van der Waals surface area contributed by atoms with E-state index >= 15 is 0 Å². The Hall–Kier alpha value is -3.17. The monoisotopic (exact) mass is 366 g/mol. The van der Waals surface area contributed by atoms with E-state index in [9.17, 15) is 15.4 Å². The van der Waals surface area contributed by atoms with Crippen LogP contribution in [-0.4, -0.2) is 9.91 Å². The van der Waals surface area contributed by atoms with Crippen molar-refractivity contribution in [1.82, 2.24) is 4.98 Å². The maximum Gasteiger partial charge on any atom is 0.271 e. The van der Waals surface area contributed by atoms with E-state index < -0.39 is 4.92 Å². The van der Waals surface area contributed by atoms with Crippen LogP contribution in [0.1, 0.15) is 30.5 Å². The number of rotatable bonds is 5. The van der Waals surface area contributed by atoms with Crippen molar-refractivity contribution < 1.29 is 4.92 Å². The van der Waals surface area contributed by atoms with E-state index in [2.05, 4.69) is 16.4 Å². The molecule has 1 atom stereocenters. The summed E-state index contributed by atoms with van der Waals surface area (Å²) in [6.07, 6.45) is 2.20. The second kappa shape index (κ2) is 7.38. The van der Waals surface area contributed by atoms with Crippen LogP contribution in [-0.2, 0) is 0 Å². The average molecular weight is 367 g/mol. The Kier molecular flexibility index (Phi) is 5.01. The van der Waals surface area contributed by atoms with Crippen LogP contribution >= 0.6 is 11.6 Å². The normalized spacial score (nSPS) is 11.7. The Labute approximate surface area is 155 Å². The molecule has 1 heterocycles. The minimum Gasteiger partial charge on any atom is -0.377 e. The highest BCUT2D eigenvalue weighted by atomic mass is 35.5. The van der Waals surface area contributed by atoms with Crippen LogP contribution in [0.15, 0.2) is 48.7 Å². The fraction of sp³-hybridized carbons (Fsp3) is 0.158. The Morgan fingerprint density at radius 3 is 2.69 bits per heavy atom. The number of nitrogens with zero attached hydrogens (tertiary/aromatic N) is 3. The molecule has 130 valence electrons. The molecule has 7 heteroatoms. The Bertz CT molecular complexity index is 1020. The van der Waals surface area contributed by atoms with Crippen molar-refractivity contribution in [2.75, 3.05) is 5.32 Å². The second-order valence-corrected chi connectivity index (χ2v) is 6.16. The summed E-state index contributed by atoms with van der Waals surface area (Å²) in [7, 11) is 0. The number of nitro benzene ring substituents is 1. The van der Waals surface area contributed by atoms with Crippen molar-refractivity contribution in [2.24, 2.45) is 0 Å². The predicted octanol–water partition coefficient (Wildman–Crippen LogP) is 5.23. The van der Waals surface area contributed by atoms with Gasteiger partial charge >= 0.3 is 0 Å². The molecule has 3 rings (SSSR count). The molecule has 0 bridgehead atoms. The van der Waals surface area contributed by atoms with Crippen LogP contribution in [0.3, 0.4) is 0 Å². The van der Waals surface area contributed by atoms with E-state index in [1.165, 1.54) is 18.3 Å². The van der Waals surface area contributed by atoms with Gasteiger partial charge in [-0.25, -0.2) is 0 Å². The lowest BCUT2D eigenvalue weighted by atomic mass is 10.0. The smallest absolute Gasteiger partial charge is 0.271 e. The molecule has 0 saturated heterocycles. The highest BCUT2D eigenvalue weighted by Crippen LogP contribution is 2.36. The van der Waals surface area contributed by atoms with Gasteiger partial charge in [0.15, 0.2) is 0 Å². The summed E-state index contributed by atoms with van der Waals surface area (Å²) in [4.78, 5) is 14.9. The summed E-state index contributed by atoms with van der Waals surface area (Å²) < 4.78 is 0. The number of benzene rings is 2. The van der Waals surface area contributed by atoms with Gasteiger partial charge in [-0.05, 0) is 12.0 Å². The van der Waals surface area contributed by atoms with E-state index in [-0.39, 0.29) is 16.8 Å². The summed E-state index contributed by atoms with van der Waals surface area (Å²) in [5, 5.41) is 24.7. The SMILES string of the molecule is CCC(Nc1c(C#N)cnc2c(Cl)cc([N+](=O)[O-])cc12)c1ccccc1. The lowest BCUT2D eigenvalue weighted by Crippen LogP contribution is -2.11. The maximum atomic E-state index is 11.2. The minimum absolute atomic E-state index is 0.0630. The average Bonchev–Trinajstić information content (AvgIpc) is 2.66. The molecular weight excluding hydrogens is 352 g/mol. The molecule has 1 unspecified atom stereocenters. The van der Waals surface area contributed by atoms with Gasteiger partial charge in [0.2, 0.25) is 0 Å². The van der Waals surface area contributed by atoms with Crippen molar-refractivity contribution in [3.63, 3.8) is 0 Å². The highest BCUT2D eigenvalue weighted by molar-refractivity contribution is 6.35. The number of hydrogen-bond acceptors (Lipinski definition) is 5. The number of hydrogen-bond donors (Lipinski definition) is 1. The molecule has 6 nitrogen and oxygen atoms in total. The van der Waals surface area contributed by atoms with Crippen LogP contribution in [0.4, 0.5) is 11.4 Å². The predicted molar refractivity (Wildman–Crippen MR) is 101 cm³/mol. The summed E-state index contributed by atoms with van der Waals surface area (Å²) in [5.41, 5.74) is 2.14. The van der Waals surface area contributed by atoms with Gasteiger partial charge in [-0.3, -0.25) is 15.1 Å². The van der Waals surface area contributed by atoms with Gasteiger partial charge in [-0.1, -0.05) is 48.9 Å². The molecule has 0 aliphatic carbocycles. The number of anilines is 1. The molecule has 26 heavy (non-hydrogen) atoms. The van der Waals surface area contributed by atoms with Crippen molar-refractivity contribution in [2.45, 2.75) is 19.4 Å². The topological polar surface area (TPSA) is 91.8 Å². The third kappa shape index (κ3) is 3.30. The standard InChI is InChI=1S/C19H15ClN4O2/c1-2-17(12-6-4-3-5-7-12)23-18-13(10-21)11-22-19-15(18)8-14(24(25)26)9-16(19)20/h3-9,11,17H,2H2,1H3,(H,22,23). The molecule has 0 amide bonds. The molecule has 0 saturated carbocycles. The highest BCUT2D eigenvalue weighted by Gasteiger charge is 2.19. The molecule has 2 aromatic carbocycles. The molecule has 1 N–H and O–H groups in total. The first-order valence-corrected chi connectivity index (χ1v) is 8.41. The first kappa shape index (κ1) is 17.6. The largest absolute Gasteiger partial charge is 0.377 e. The van der Waals surface area contributed by atoms with Gasteiger partial charge in [0.25, 0.3) is 5.69 Å². The number of nitro groups is 1. The van der Waals surface area contributed by atoms with Gasteiger partial charge in [0, 0.05) is 23.7 Å². The van der Waals surface area contributed by atoms with Gasteiger partial charge < -0.3 is 5.32 Å². The number of non-ortho nitro benzene ring substituents is 1. The fourth-order valence-corrected chi connectivity index (χ4v) is 3.13. The summed E-state index contributed by atoms with van der Waals surface area (Å²) in [6, 6.07) is 14.5. The third-order valence-electron chi connectivity index (χ3n) is 4.17. The number of nitrogens with one attached hydrogen (secondary N) is 1. The molecule has 0 fully saturated rings. The molecule has 0 aliphatic heterocycles. The third-order valence-corrected chi connectivity index (χ3v) is 4.46. The first-order valence-electron chi connectivity index (χ1n) is 8.03. The lowest BCUT2D eigenvalue weighted by Gasteiger charge is -2.21. The molecule has 0 radical (unpaired) electrons. The molecule has 0 aliphatic rings. The van der Waals surface area contributed by atoms with Crippen molar-refractivity contribution in [1.29, 1.82) is 5.26 Å². The van der Waals surface area contributed by atoms with Gasteiger partial charge in [0.1, 0.15) is 6.07 Å². The Morgan fingerprint density at radius 1 is 1.35 bits per heavy atom. The van der Waals surface area contributed by atoms with E-state index in [1.54, 1.807) is 0 Å². The minimum atomic E-state index is -0.511. The molecule has 0 spiro atoms. The maximum absolute atomic E-state index is 11.2. The van der Waals surface area contributed by atoms with E-state index in [0.29, 0.717) is 22.2 Å². The van der Waals surface area contributed by atoms with Crippen LogP contribution in [0.5, 0.6) is 0 Å². The van der Waals surface area contributed by atoms with Crippen LogP contribution in [0.2, 0.25) is 5.02 Å². The lowest BCUT2D eigenvalue weighted by molar-refractivity contribution is -0.384. The molecule has 1 aromatic heterocycles. The summed E-state index contributed by atoms with van der Waals surface area (Å²) >= 11 is 6.18. The number of halogens is 1. The van der Waals surface area contributed by atoms with E-state index in [4.69, 9.17) is 11.6 Å². The van der Waals surface area contributed by atoms with Crippen LogP contribution in [0.25, 0.3) is 10.9 Å². The zero-order valence-electron chi connectivity index (χ0n) is 13.9. The Morgan fingerprint density at radius 2 is 2.08 bits per heavy atom. The number of nitriles is 1. The van der Waals surface area contributed by atoms with Crippen LogP contribution < -0.4 is 5.32 Å². The van der Waals surface area contributed by atoms with Crippen LogP contribution in [0, 0.1) is 21.4 Å². The second-order valence-electron chi connectivity index (χ2n) is 5.76. The fourth-order valence-electron chi connectivity index (χ4n) is 2.87. The van der Waals surface area contributed by atoms with Gasteiger partial charge in [-0.15, -0.1) is 0 Å².